The highest BCUT2D eigenvalue weighted by molar-refractivity contribution is 8.07. The van der Waals surface area contributed by atoms with Crippen LogP contribution >= 0.6 is 11.8 Å². The second-order valence-electron chi connectivity index (χ2n) is 3.21. The van der Waals surface area contributed by atoms with E-state index in [-0.39, 0.29) is 0 Å². The van der Waals surface area contributed by atoms with E-state index >= 15 is 0 Å². The summed E-state index contributed by atoms with van der Waals surface area (Å²) in [5, 5.41) is 0. The van der Waals surface area contributed by atoms with Crippen LogP contribution in [0.15, 0.2) is 18.3 Å². The molecule has 1 aliphatic rings. The number of aryl methyl sites for hydroxylation is 1. The van der Waals surface area contributed by atoms with Crippen LogP contribution in [0.2, 0.25) is 0 Å². The van der Waals surface area contributed by atoms with Crippen LogP contribution in [-0.4, -0.2) is 10.7 Å². The van der Waals surface area contributed by atoms with Gasteiger partial charge < -0.3 is 0 Å². The predicted molar refractivity (Wildman–Crippen MR) is 48.8 cm³/mol. The van der Waals surface area contributed by atoms with Crippen molar-refractivity contribution >= 4 is 11.8 Å². The molecule has 1 aromatic rings. The second kappa shape index (κ2) is 2.24. The third-order valence-electron chi connectivity index (χ3n) is 2.10. The van der Waals surface area contributed by atoms with Crippen LogP contribution in [0.1, 0.15) is 18.2 Å². The van der Waals surface area contributed by atoms with Crippen molar-refractivity contribution in [2.45, 2.75) is 18.6 Å². The van der Waals surface area contributed by atoms with E-state index in [2.05, 4.69) is 24.0 Å². The van der Waals surface area contributed by atoms with Gasteiger partial charge in [-0.15, -0.1) is 11.8 Å². The summed E-state index contributed by atoms with van der Waals surface area (Å²) in [6.45, 7) is 4.29. The lowest BCUT2D eigenvalue weighted by molar-refractivity contribution is 0.873. The van der Waals surface area contributed by atoms with Gasteiger partial charge in [0.1, 0.15) is 0 Å². The summed E-state index contributed by atoms with van der Waals surface area (Å²) in [6.07, 6.45) is 2.00. The van der Waals surface area contributed by atoms with Gasteiger partial charge in [-0.1, -0.05) is 6.07 Å². The Labute approximate surface area is 71.2 Å². The van der Waals surface area contributed by atoms with Crippen molar-refractivity contribution in [3.63, 3.8) is 0 Å². The first-order valence-corrected chi connectivity index (χ1v) is 4.76. The Hall–Kier alpha value is -0.500. The molecule has 0 saturated carbocycles. The lowest BCUT2D eigenvalue weighted by atomic mass is 10.1. The van der Waals surface area contributed by atoms with Crippen LogP contribution in [0.3, 0.4) is 0 Å². The first-order valence-electron chi connectivity index (χ1n) is 3.78. The zero-order valence-electron chi connectivity index (χ0n) is 6.79. The first kappa shape index (κ1) is 7.17. The number of thioether (sulfide) groups is 1. The van der Waals surface area contributed by atoms with Gasteiger partial charge in [0.2, 0.25) is 0 Å². The van der Waals surface area contributed by atoms with E-state index in [4.69, 9.17) is 0 Å². The number of hydrogen-bond acceptors (Lipinski definition) is 2. The largest absolute Gasteiger partial charge is 0.261 e. The zero-order valence-corrected chi connectivity index (χ0v) is 7.61. The fourth-order valence-corrected chi connectivity index (χ4v) is 1.73. The molecule has 1 atom stereocenters. The van der Waals surface area contributed by atoms with Gasteiger partial charge in [-0.2, -0.15) is 0 Å². The van der Waals surface area contributed by atoms with Crippen molar-refractivity contribution < 1.29 is 0 Å². The summed E-state index contributed by atoms with van der Waals surface area (Å²) in [4.78, 5) is 4.27. The molecule has 11 heavy (non-hydrogen) atoms. The van der Waals surface area contributed by atoms with Gasteiger partial charge in [-0.25, -0.2) is 0 Å². The molecule has 1 unspecified atom stereocenters. The molecule has 1 nitrogen and oxygen atoms in total. The lowest BCUT2D eigenvalue weighted by Gasteiger charge is -2.05. The first-order chi connectivity index (χ1) is 5.21. The van der Waals surface area contributed by atoms with E-state index in [0.29, 0.717) is 4.75 Å². The SMILES string of the molecule is Cc1ccc(C2(C)CS2)cn1. The molecular formula is C9H11NS. The minimum atomic E-state index is 0.390. The fourth-order valence-electron chi connectivity index (χ4n) is 1.06. The molecule has 1 aromatic heterocycles. The quantitative estimate of drug-likeness (QED) is 0.592. The summed E-state index contributed by atoms with van der Waals surface area (Å²) >= 11 is 1.99. The Kier molecular flexibility index (Phi) is 1.46. The molecule has 2 rings (SSSR count). The van der Waals surface area contributed by atoms with Crippen molar-refractivity contribution in [3.05, 3.63) is 29.6 Å². The lowest BCUT2D eigenvalue weighted by Crippen LogP contribution is -2.00. The average molecular weight is 165 g/mol. The summed E-state index contributed by atoms with van der Waals surface area (Å²) in [5.41, 5.74) is 2.47. The van der Waals surface area contributed by atoms with Crippen LogP contribution in [-0.2, 0) is 4.75 Å². The molecule has 2 heterocycles. The van der Waals surface area contributed by atoms with Gasteiger partial charge in [0.25, 0.3) is 0 Å². The molecule has 2 heteroatoms. The van der Waals surface area contributed by atoms with Crippen molar-refractivity contribution in [2.24, 2.45) is 0 Å². The third-order valence-corrected chi connectivity index (χ3v) is 3.49. The topological polar surface area (TPSA) is 12.9 Å². The smallest absolute Gasteiger partial charge is 0.0486 e. The normalized spacial score (nSPS) is 28.5. The zero-order chi connectivity index (χ0) is 7.90. The van der Waals surface area contributed by atoms with Gasteiger partial charge in [0, 0.05) is 22.4 Å². The Balaban J connectivity index is 2.33. The molecule has 0 bridgehead atoms. The highest BCUT2D eigenvalue weighted by atomic mass is 32.2. The molecule has 0 radical (unpaired) electrons. The Morgan fingerprint density at radius 2 is 2.27 bits per heavy atom. The highest BCUT2D eigenvalue weighted by Crippen LogP contribution is 2.52. The van der Waals surface area contributed by atoms with Crippen LogP contribution in [0.5, 0.6) is 0 Å². The monoisotopic (exact) mass is 165 g/mol. The molecule has 1 saturated heterocycles. The van der Waals surface area contributed by atoms with Crippen molar-refractivity contribution in [1.29, 1.82) is 0 Å². The minimum Gasteiger partial charge on any atom is -0.261 e. The average Bonchev–Trinajstić information content (AvgIpc) is 2.70. The van der Waals surface area contributed by atoms with E-state index in [1.807, 2.05) is 24.9 Å². The van der Waals surface area contributed by atoms with Crippen LogP contribution < -0.4 is 0 Å². The van der Waals surface area contributed by atoms with E-state index in [1.165, 1.54) is 11.3 Å². The van der Waals surface area contributed by atoms with Crippen molar-refractivity contribution in [3.8, 4) is 0 Å². The summed E-state index contributed by atoms with van der Waals surface area (Å²) in [7, 11) is 0. The molecule has 0 aliphatic carbocycles. The molecule has 0 spiro atoms. The third kappa shape index (κ3) is 1.27. The highest BCUT2D eigenvalue weighted by Gasteiger charge is 2.40. The molecule has 58 valence electrons. The molecular weight excluding hydrogens is 154 g/mol. The van der Waals surface area contributed by atoms with Gasteiger partial charge in [0.15, 0.2) is 0 Å². The Morgan fingerprint density at radius 3 is 2.73 bits per heavy atom. The standard InChI is InChI=1S/C9H11NS/c1-7-3-4-8(5-10-7)9(2)6-11-9/h3-5H,6H2,1-2H3. The number of nitrogens with zero attached hydrogens (tertiary/aromatic N) is 1. The molecule has 0 N–H and O–H groups in total. The van der Waals surface area contributed by atoms with Gasteiger partial charge in [0.05, 0.1) is 0 Å². The van der Waals surface area contributed by atoms with E-state index < -0.39 is 0 Å². The number of rotatable bonds is 1. The maximum atomic E-state index is 4.27. The number of aromatic nitrogens is 1. The second-order valence-corrected chi connectivity index (χ2v) is 4.69. The maximum Gasteiger partial charge on any atom is 0.0486 e. The molecule has 0 aromatic carbocycles. The Morgan fingerprint density at radius 1 is 1.55 bits per heavy atom. The van der Waals surface area contributed by atoms with Gasteiger partial charge >= 0.3 is 0 Å². The molecule has 1 fully saturated rings. The number of hydrogen-bond donors (Lipinski definition) is 0. The molecule has 1 aliphatic heterocycles. The van der Waals surface area contributed by atoms with Crippen molar-refractivity contribution in [2.75, 3.05) is 5.75 Å². The molecule has 0 amide bonds. The summed E-state index contributed by atoms with van der Waals surface area (Å²) in [6, 6.07) is 4.27. The fraction of sp³-hybridized carbons (Fsp3) is 0.444. The summed E-state index contributed by atoms with van der Waals surface area (Å²) in [5.74, 6) is 1.25. The van der Waals surface area contributed by atoms with E-state index in [9.17, 15) is 0 Å². The van der Waals surface area contributed by atoms with Crippen LogP contribution in [0.25, 0.3) is 0 Å². The van der Waals surface area contributed by atoms with Crippen LogP contribution in [0, 0.1) is 6.92 Å². The van der Waals surface area contributed by atoms with Crippen molar-refractivity contribution in [1.82, 2.24) is 4.98 Å². The summed E-state index contributed by atoms with van der Waals surface area (Å²) < 4.78 is 0.390. The van der Waals surface area contributed by atoms with E-state index in [1.54, 1.807) is 0 Å². The minimum absolute atomic E-state index is 0.390. The van der Waals surface area contributed by atoms with E-state index in [0.717, 1.165) is 5.69 Å². The number of pyridine rings is 1. The Bertz CT molecular complexity index is 261. The van der Waals surface area contributed by atoms with Crippen LogP contribution in [0.4, 0.5) is 0 Å². The van der Waals surface area contributed by atoms with Gasteiger partial charge in [-0.3, -0.25) is 4.98 Å². The maximum absolute atomic E-state index is 4.27. The van der Waals surface area contributed by atoms with Gasteiger partial charge in [-0.05, 0) is 25.5 Å². The predicted octanol–water partition coefficient (Wildman–Crippen LogP) is 2.35.